The Hall–Kier alpha value is 0. The SMILES string of the molecule is CCCCN(CI)C(=O)OC(C)(C)C. The van der Waals surface area contributed by atoms with Gasteiger partial charge in [0.2, 0.25) is 0 Å². The zero-order valence-corrected chi connectivity index (χ0v) is 11.6. The van der Waals surface area contributed by atoms with Crippen molar-refractivity contribution in [2.75, 3.05) is 11.1 Å². The highest BCUT2D eigenvalue weighted by atomic mass is 127. The van der Waals surface area contributed by atoms with Gasteiger partial charge in [-0.15, -0.1) is 0 Å². The van der Waals surface area contributed by atoms with Crippen LogP contribution in [0, 0.1) is 0 Å². The first-order valence-electron chi connectivity index (χ1n) is 4.94. The van der Waals surface area contributed by atoms with Crippen LogP contribution in [0.4, 0.5) is 4.79 Å². The summed E-state index contributed by atoms with van der Waals surface area (Å²) in [5.41, 5.74) is -0.395. The highest BCUT2D eigenvalue weighted by Crippen LogP contribution is 2.11. The number of nitrogens with zero attached hydrogens (tertiary/aromatic N) is 1. The largest absolute Gasteiger partial charge is 0.444 e. The quantitative estimate of drug-likeness (QED) is 0.452. The van der Waals surface area contributed by atoms with Gasteiger partial charge < -0.3 is 4.74 Å². The predicted octanol–water partition coefficient (Wildman–Crippen LogP) is 3.42. The van der Waals surface area contributed by atoms with Crippen LogP contribution >= 0.6 is 22.6 Å². The summed E-state index contributed by atoms with van der Waals surface area (Å²) < 4.78 is 5.96. The molecule has 3 nitrogen and oxygen atoms in total. The van der Waals surface area contributed by atoms with Crippen molar-refractivity contribution in [1.29, 1.82) is 0 Å². The highest BCUT2D eigenvalue weighted by Gasteiger charge is 2.20. The number of alkyl halides is 1. The van der Waals surface area contributed by atoms with Gasteiger partial charge in [-0.1, -0.05) is 35.9 Å². The van der Waals surface area contributed by atoms with E-state index in [4.69, 9.17) is 4.74 Å². The summed E-state index contributed by atoms with van der Waals surface area (Å²) in [7, 11) is 0. The molecule has 4 heteroatoms. The summed E-state index contributed by atoms with van der Waals surface area (Å²) in [4.78, 5) is 13.3. The Balaban J connectivity index is 4.04. The van der Waals surface area contributed by atoms with Gasteiger partial charge in [-0.05, 0) is 27.2 Å². The number of carbonyl (C=O) groups excluding carboxylic acids is 1. The number of carbonyl (C=O) groups is 1. The smallest absolute Gasteiger partial charge is 0.410 e. The molecule has 0 aromatic carbocycles. The van der Waals surface area contributed by atoms with E-state index >= 15 is 0 Å². The van der Waals surface area contributed by atoms with Crippen LogP contribution in [-0.2, 0) is 4.74 Å². The molecule has 84 valence electrons. The fourth-order valence-corrected chi connectivity index (χ4v) is 1.49. The number of hydrogen-bond acceptors (Lipinski definition) is 2. The minimum atomic E-state index is -0.395. The fourth-order valence-electron chi connectivity index (χ4n) is 0.875. The summed E-state index contributed by atoms with van der Waals surface area (Å²) in [6.45, 7) is 8.55. The molecule has 0 fully saturated rings. The summed E-state index contributed by atoms with van der Waals surface area (Å²) in [6.07, 6.45) is 1.92. The van der Waals surface area contributed by atoms with Crippen LogP contribution in [0.2, 0.25) is 0 Å². The monoisotopic (exact) mass is 313 g/mol. The number of rotatable bonds is 4. The van der Waals surface area contributed by atoms with Crippen molar-refractivity contribution in [1.82, 2.24) is 4.90 Å². The average Bonchev–Trinajstić information content (AvgIpc) is 2.02. The second kappa shape index (κ2) is 6.48. The van der Waals surface area contributed by atoms with Crippen LogP contribution in [0.1, 0.15) is 40.5 Å². The normalized spacial score (nSPS) is 11.2. The van der Waals surface area contributed by atoms with Crippen molar-refractivity contribution in [2.24, 2.45) is 0 Å². The molecule has 0 atom stereocenters. The van der Waals surface area contributed by atoms with E-state index in [0.717, 1.165) is 19.4 Å². The molecule has 0 saturated carbocycles. The van der Waals surface area contributed by atoms with Crippen molar-refractivity contribution < 1.29 is 9.53 Å². The first-order valence-corrected chi connectivity index (χ1v) is 6.47. The molecule has 0 N–H and O–H groups in total. The molecule has 0 aliphatic carbocycles. The van der Waals surface area contributed by atoms with Crippen molar-refractivity contribution in [3.63, 3.8) is 0 Å². The first-order chi connectivity index (χ1) is 6.40. The van der Waals surface area contributed by atoms with Crippen molar-refractivity contribution in [3.05, 3.63) is 0 Å². The predicted molar refractivity (Wildman–Crippen MR) is 66.7 cm³/mol. The third kappa shape index (κ3) is 6.45. The van der Waals surface area contributed by atoms with Crippen molar-refractivity contribution >= 4 is 28.7 Å². The van der Waals surface area contributed by atoms with E-state index in [0.29, 0.717) is 4.55 Å². The lowest BCUT2D eigenvalue weighted by Crippen LogP contribution is -2.36. The second-order valence-electron chi connectivity index (χ2n) is 4.22. The first kappa shape index (κ1) is 14.0. The zero-order valence-electron chi connectivity index (χ0n) is 9.47. The molecule has 0 aromatic heterocycles. The summed E-state index contributed by atoms with van der Waals surface area (Å²) >= 11 is 2.18. The summed E-state index contributed by atoms with van der Waals surface area (Å²) in [6, 6.07) is 0. The molecule has 14 heavy (non-hydrogen) atoms. The number of halogens is 1. The van der Waals surface area contributed by atoms with Gasteiger partial charge >= 0.3 is 6.09 Å². The Kier molecular flexibility index (Phi) is 6.48. The van der Waals surface area contributed by atoms with E-state index in [1.807, 2.05) is 20.8 Å². The third-order valence-electron chi connectivity index (χ3n) is 1.58. The summed E-state index contributed by atoms with van der Waals surface area (Å²) in [5, 5.41) is 0. The number of ether oxygens (including phenoxy) is 1. The van der Waals surface area contributed by atoms with E-state index in [9.17, 15) is 4.79 Å². The van der Waals surface area contributed by atoms with Crippen LogP contribution in [0.3, 0.4) is 0 Å². The second-order valence-corrected chi connectivity index (χ2v) is 4.90. The molecule has 0 aromatic rings. The van der Waals surface area contributed by atoms with Gasteiger partial charge in [0.1, 0.15) is 5.60 Å². The minimum absolute atomic E-state index is 0.208. The topological polar surface area (TPSA) is 29.5 Å². The van der Waals surface area contributed by atoms with Crippen molar-refractivity contribution in [3.8, 4) is 0 Å². The van der Waals surface area contributed by atoms with E-state index in [-0.39, 0.29) is 6.09 Å². The molecule has 0 bridgehead atoms. The Morgan fingerprint density at radius 2 is 2.00 bits per heavy atom. The molecule has 0 aliphatic rings. The molecule has 0 rings (SSSR count). The molecule has 1 amide bonds. The fraction of sp³-hybridized carbons (Fsp3) is 0.900. The molecular weight excluding hydrogens is 293 g/mol. The van der Waals surface area contributed by atoms with Crippen LogP contribution in [0.15, 0.2) is 0 Å². The zero-order chi connectivity index (χ0) is 11.2. The van der Waals surface area contributed by atoms with Crippen molar-refractivity contribution in [2.45, 2.75) is 46.1 Å². The number of unbranched alkanes of at least 4 members (excludes halogenated alkanes) is 1. The van der Waals surface area contributed by atoms with Gasteiger partial charge in [-0.2, -0.15) is 0 Å². The van der Waals surface area contributed by atoms with Crippen LogP contribution < -0.4 is 0 Å². The minimum Gasteiger partial charge on any atom is -0.444 e. The lowest BCUT2D eigenvalue weighted by molar-refractivity contribution is 0.0291. The van der Waals surface area contributed by atoms with Crippen LogP contribution in [0.5, 0.6) is 0 Å². The Labute approximate surface area is 100 Å². The molecule has 0 unspecified atom stereocenters. The van der Waals surface area contributed by atoms with Crippen LogP contribution in [0.25, 0.3) is 0 Å². The van der Waals surface area contributed by atoms with Gasteiger partial charge in [0.05, 0.1) is 4.55 Å². The van der Waals surface area contributed by atoms with E-state index in [1.165, 1.54) is 0 Å². The maximum atomic E-state index is 11.6. The average molecular weight is 313 g/mol. The van der Waals surface area contributed by atoms with E-state index in [1.54, 1.807) is 4.90 Å². The lowest BCUT2D eigenvalue weighted by atomic mass is 10.2. The number of hydrogen-bond donors (Lipinski definition) is 0. The molecular formula is C10H20INO2. The highest BCUT2D eigenvalue weighted by molar-refractivity contribution is 14.1. The number of amides is 1. The van der Waals surface area contributed by atoms with E-state index in [2.05, 4.69) is 29.5 Å². The van der Waals surface area contributed by atoms with Gasteiger partial charge in [-0.25, -0.2) is 4.79 Å². The van der Waals surface area contributed by atoms with Gasteiger partial charge in [-0.3, -0.25) is 4.90 Å². The van der Waals surface area contributed by atoms with Gasteiger partial charge in [0.25, 0.3) is 0 Å². The maximum Gasteiger partial charge on any atom is 0.410 e. The molecule has 0 saturated heterocycles. The molecule has 0 spiro atoms. The lowest BCUT2D eigenvalue weighted by Gasteiger charge is -2.25. The summed E-state index contributed by atoms with van der Waals surface area (Å²) in [5.74, 6) is 0. The molecule has 0 heterocycles. The third-order valence-corrected chi connectivity index (χ3v) is 2.40. The van der Waals surface area contributed by atoms with Gasteiger partial charge in [0, 0.05) is 6.54 Å². The van der Waals surface area contributed by atoms with E-state index < -0.39 is 5.60 Å². The molecule has 0 radical (unpaired) electrons. The molecule has 0 aliphatic heterocycles. The Bertz CT molecular complexity index is 177. The van der Waals surface area contributed by atoms with Gasteiger partial charge in [0.15, 0.2) is 0 Å². The Morgan fingerprint density at radius 3 is 2.36 bits per heavy atom. The standard InChI is InChI=1S/C10H20INO2/c1-5-6-7-12(8-11)9(13)14-10(2,3)4/h5-8H2,1-4H3. The van der Waals surface area contributed by atoms with Crippen LogP contribution in [-0.4, -0.2) is 27.7 Å². The maximum absolute atomic E-state index is 11.6. The Morgan fingerprint density at radius 1 is 1.43 bits per heavy atom.